The van der Waals surface area contributed by atoms with Crippen molar-refractivity contribution in [2.45, 2.75) is 26.9 Å². The largest absolute Gasteiger partial charge is 0.416 e. The lowest BCUT2D eigenvalue weighted by atomic mass is 10.1. The van der Waals surface area contributed by atoms with Crippen LogP contribution in [0.2, 0.25) is 0 Å². The molecule has 3 rings (SSSR count). The number of rotatable bonds is 5. The second kappa shape index (κ2) is 9.23. The van der Waals surface area contributed by atoms with E-state index in [4.69, 9.17) is 5.26 Å². The molecular formula is C24H20F3N5O2. The van der Waals surface area contributed by atoms with Crippen molar-refractivity contribution in [1.29, 1.82) is 5.26 Å². The molecule has 0 N–H and O–H groups in total. The lowest BCUT2D eigenvalue weighted by Gasteiger charge is -2.22. The van der Waals surface area contributed by atoms with E-state index in [2.05, 4.69) is 11.7 Å². The van der Waals surface area contributed by atoms with E-state index in [1.54, 1.807) is 31.2 Å². The number of aromatic nitrogens is 2. The van der Waals surface area contributed by atoms with Crippen molar-refractivity contribution >= 4 is 23.5 Å². The van der Waals surface area contributed by atoms with Crippen molar-refractivity contribution in [2.75, 3.05) is 5.01 Å². The highest BCUT2D eigenvalue weighted by molar-refractivity contribution is 5.86. The van der Waals surface area contributed by atoms with Crippen molar-refractivity contribution in [3.63, 3.8) is 0 Å². The molecule has 7 nitrogen and oxygen atoms in total. The lowest BCUT2D eigenvalue weighted by Crippen LogP contribution is -2.29. The molecule has 0 aliphatic rings. The van der Waals surface area contributed by atoms with Gasteiger partial charge in [-0.05, 0) is 56.3 Å². The van der Waals surface area contributed by atoms with Crippen molar-refractivity contribution in [1.82, 2.24) is 9.13 Å². The van der Waals surface area contributed by atoms with E-state index in [0.717, 1.165) is 21.3 Å². The zero-order valence-electron chi connectivity index (χ0n) is 18.6. The van der Waals surface area contributed by atoms with Crippen LogP contribution in [-0.2, 0) is 6.18 Å². The van der Waals surface area contributed by atoms with E-state index in [1.807, 2.05) is 6.07 Å². The Balaban J connectivity index is 2.24. The summed E-state index contributed by atoms with van der Waals surface area (Å²) in [5.41, 5.74) is -0.464. The van der Waals surface area contributed by atoms with Crippen molar-refractivity contribution in [3.05, 3.63) is 88.1 Å². The Morgan fingerprint density at radius 3 is 2.38 bits per heavy atom. The molecule has 2 aromatic carbocycles. The van der Waals surface area contributed by atoms with Gasteiger partial charge < -0.3 is 0 Å². The average Bonchev–Trinajstić information content (AvgIpc) is 3.06. The topological polar surface area (TPSA) is 83.4 Å². The number of benzene rings is 2. The third-order valence-corrected chi connectivity index (χ3v) is 5.03. The van der Waals surface area contributed by atoms with Gasteiger partial charge in [0.1, 0.15) is 0 Å². The van der Waals surface area contributed by atoms with Gasteiger partial charge in [0.2, 0.25) is 5.91 Å². The third kappa shape index (κ3) is 4.41. The molecule has 34 heavy (non-hydrogen) atoms. The Morgan fingerprint density at radius 2 is 1.85 bits per heavy atom. The van der Waals surface area contributed by atoms with E-state index < -0.39 is 23.3 Å². The number of nitriles is 1. The Labute approximate surface area is 193 Å². The zero-order chi connectivity index (χ0) is 25.2. The summed E-state index contributed by atoms with van der Waals surface area (Å²) in [4.78, 5) is 25.7. The Bertz CT molecular complexity index is 1390. The standard InChI is InChI=1S/C24H20F3N5O2/c1-5-29-32(20-11-9-18(14-28)10-12-20)16(3)22-15(2)30(23(34)31(22)17(4)33)21-8-6-7-19(13-21)24(25,26)27/h5-13H,3H2,1-2,4H3/b29-5-. The van der Waals surface area contributed by atoms with Gasteiger partial charge in [-0.25, -0.2) is 14.4 Å². The molecule has 0 saturated carbocycles. The van der Waals surface area contributed by atoms with Gasteiger partial charge in [-0.1, -0.05) is 12.6 Å². The first kappa shape index (κ1) is 24.3. The van der Waals surface area contributed by atoms with Gasteiger partial charge in [-0.2, -0.15) is 23.5 Å². The SMILES string of the molecule is C=C(c1c(C)n(-c2cccc(C(F)(F)F)c2)c(=O)n1C(C)=O)N(/N=C\C)c1ccc(C#N)cc1. The fourth-order valence-corrected chi connectivity index (χ4v) is 3.55. The highest BCUT2D eigenvalue weighted by atomic mass is 19.4. The van der Waals surface area contributed by atoms with Crippen LogP contribution in [0.3, 0.4) is 0 Å². The highest BCUT2D eigenvalue weighted by Gasteiger charge is 2.32. The number of imidazole rings is 1. The van der Waals surface area contributed by atoms with E-state index in [1.165, 1.54) is 37.2 Å². The van der Waals surface area contributed by atoms with Crippen molar-refractivity contribution in [3.8, 4) is 11.8 Å². The van der Waals surface area contributed by atoms with Crippen LogP contribution in [0.4, 0.5) is 18.9 Å². The minimum atomic E-state index is -4.61. The molecule has 0 aliphatic carbocycles. The fourth-order valence-electron chi connectivity index (χ4n) is 3.55. The van der Waals surface area contributed by atoms with E-state index in [-0.39, 0.29) is 22.8 Å². The van der Waals surface area contributed by atoms with Gasteiger partial charge in [0.15, 0.2) is 0 Å². The summed E-state index contributed by atoms with van der Waals surface area (Å²) >= 11 is 0. The molecule has 1 heterocycles. The maximum Gasteiger partial charge on any atom is 0.416 e. The minimum Gasteiger partial charge on any atom is -0.274 e. The van der Waals surface area contributed by atoms with Crippen LogP contribution in [0, 0.1) is 18.3 Å². The van der Waals surface area contributed by atoms with E-state index >= 15 is 0 Å². The minimum absolute atomic E-state index is 0.0460. The molecule has 3 aromatic rings. The molecule has 0 amide bonds. The highest BCUT2D eigenvalue weighted by Crippen LogP contribution is 2.32. The second-order valence-corrected chi connectivity index (χ2v) is 7.25. The summed E-state index contributed by atoms with van der Waals surface area (Å²) in [6.45, 7) is 8.35. The molecule has 0 bridgehead atoms. The summed E-state index contributed by atoms with van der Waals surface area (Å²) in [6, 6.07) is 12.7. The van der Waals surface area contributed by atoms with Gasteiger partial charge in [-0.15, -0.1) is 0 Å². The van der Waals surface area contributed by atoms with E-state index in [9.17, 15) is 22.8 Å². The van der Waals surface area contributed by atoms with Gasteiger partial charge in [0.05, 0.1) is 45.7 Å². The molecule has 1 aromatic heterocycles. The fraction of sp³-hybridized carbons (Fsp3) is 0.167. The smallest absolute Gasteiger partial charge is 0.274 e. The normalized spacial score (nSPS) is 11.4. The number of carbonyl (C=O) groups excluding carboxylic acids is 1. The molecule has 0 saturated heterocycles. The maximum atomic E-state index is 13.3. The summed E-state index contributed by atoms with van der Waals surface area (Å²) in [5, 5.41) is 14.7. The number of carbonyl (C=O) groups is 1. The monoisotopic (exact) mass is 467 g/mol. The van der Waals surface area contributed by atoms with Gasteiger partial charge in [-0.3, -0.25) is 9.36 Å². The van der Waals surface area contributed by atoms with Gasteiger partial charge in [0, 0.05) is 13.1 Å². The summed E-state index contributed by atoms with van der Waals surface area (Å²) in [5.74, 6) is -0.643. The van der Waals surface area contributed by atoms with Crippen molar-refractivity contribution in [2.24, 2.45) is 5.10 Å². The first-order valence-corrected chi connectivity index (χ1v) is 10.0. The first-order valence-electron chi connectivity index (χ1n) is 10.0. The van der Waals surface area contributed by atoms with Crippen LogP contribution in [0.25, 0.3) is 11.4 Å². The van der Waals surface area contributed by atoms with Gasteiger partial charge >= 0.3 is 11.9 Å². The number of alkyl halides is 3. The number of anilines is 1. The number of nitrogens with zero attached hydrogens (tertiary/aromatic N) is 5. The Hall–Kier alpha value is -4.39. The van der Waals surface area contributed by atoms with Gasteiger partial charge in [0.25, 0.3) is 0 Å². The number of hydrazone groups is 1. The Morgan fingerprint density at radius 1 is 1.21 bits per heavy atom. The van der Waals surface area contributed by atoms with Crippen LogP contribution < -0.4 is 10.7 Å². The predicted octanol–water partition coefficient (Wildman–Crippen LogP) is 4.98. The number of halogens is 3. The quantitative estimate of drug-likeness (QED) is 0.391. The molecule has 0 radical (unpaired) electrons. The Kier molecular flexibility index (Phi) is 6.58. The van der Waals surface area contributed by atoms with Crippen LogP contribution in [0.15, 0.2) is 65.0 Å². The molecule has 10 heteroatoms. The average molecular weight is 467 g/mol. The summed E-state index contributed by atoms with van der Waals surface area (Å²) in [6.07, 6.45) is -3.13. The molecule has 0 spiro atoms. The van der Waals surface area contributed by atoms with Crippen LogP contribution in [0.5, 0.6) is 0 Å². The van der Waals surface area contributed by atoms with E-state index in [0.29, 0.717) is 11.3 Å². The molecule has 0 atom stereocenters. The predicted molar refractivity (Wildman–Crippen MR) is 123 cm³/mol. The molecule has 0 aliphatic heterocycles. The molecule has 0 unspecified atom stereocenters. The second-order valence-electron chi connectivity index (χ2n) is 7.25. The number of hydrogen-bond donors (Lipinski definition) is 0. The van der Waals surface area contributed by atoms with Crippen LogP contribution in [0.1, 0.15) is 41.2 Å². The maximum absolute atomic E-state index is 13.3. The molecule has 174 valence electrons. The summed E-state index contributed by atoms with van der Waals surface area (Å²) in [7, 11) is 0. The number of hydrogen-bond acceptors (Lipinski definition) is 5. The molecule has 0 fully saturated rings. The molecular weight excluding hydrogens is 447 g/mol. The third-order valence-electron chi connectivity index (χ3n) is 5.03. The lowest BCUT2D eigenvalue weighted by molar-refractivity contribution is -0.137. The van der Waals surface area contributed by atoms with Crippen molar-refractivity contribution < 1.29 is 18.0 Å². The first-order chi connectivity index (χ1) is 16.0. The summed E-state index contributed by atoms with van der Waals surface area (Å²) < 4.78 is 41.6. The zero-order valence-corrected chi connectivity index (χ0v) is 18.6. The van der Waals surface area contributed by atoms with Crippen LogP contribution >= 0.6 is 0 Å². The van der Waals surface area contributed by atoms with Crippen LogP contribution in [-0.4, -0.2) is 21.3 Å².